The van der Waals surface area contributed by atoms with E-state index < -0.39 is 10.1 Å². The molecule has 1 heterocycles. The number of aromatic hydroxyl groups is 1. The lowest BCUT2D eigenvalue weighted by Crippen LogP contribution is -2.17. The lowest BCUT2D eigenvalue weighted by atomic mass is 9.78. The number of rotatable bonds is 5. The van der Waals surface area contributed by atoms with Crippen LogP contribution in [0.3, 0.4) is 0 Å². The maximum absolute atomic E-state index is 12.4. The Morgan fingerprint density at radius 2 is 1.58 bits per heavy atom. The van der Waals surface area contributed by atoms with Gasteiger partial charge in [0.05, 0.1) is 11.5 Å². The summed E-state index contributed by atoms with van der Waals surface area (Å²) in [6, 6.07) is 8.62. The summed E-state index contributed by atoms with van der Waals surface area (Å²) < 4.78 is 35.5. The van der Waals surface area contributed by atoms with Gasteiger partial charge in [-0.1, -0.05) is 47.6 Å². The number of aromatic nitrogens is 1. The summed E-state index contributed by atoms with van der Waals surface area (Å²) in [4.78, 5) is 4.75. The molecular formula is C26H33NO5S. The van der Waals surface area contributed by atoms with E-state index in [1.54, 1.807) is 19.1 Å². The van der Waals surface area contributed by atoms with E-state index in [0.717, 1.165) is 22.3 Å². The molecule has 0 atom stereocenters. The molecular weight excluding hydrogens is 438 g/mol. The highest BCUT2D eigenvalue weighted by Crippen LogP contribution is 2.42. The first kappa shape index (κ1) is 25.0. The average molecular weight is 472 g/mol. The average Bonchev–Trinajstić information content (AvgIpc) is 3.16. The minimum absolute atomic E-state index is 0.0622. The Morgan fingerprint density at radius 1 is 1.00 bits per heavy atom. The van der Waals surface area contributed by atoms with Crippen LogP contribution < -0.4 is 0 Å². The van der Waals surface area contributed by atoms with E-state index in [-0.39, 0.29) is 28.1 Å². The summed E-state index contributed by atoms with van der Waals surface area (Å²) in [5.74, 6) is 0.689. The molecule has 2 aromatic carbocycles. The van der Waals surface area contributed by atoms with E-state index in [2.05, 4.69) is 4.98 Å². The van der Waals surface area contributed by atoms with E-state index in [4.69, 9.17) is 8.60 Å². The molecule has 0 bridgehead atoms. The van der Waals surface area contributed by atoms with Gasteiger partial charge >= 0.3 is 0 Å². The summed E-state index contributed by atoms with van der Waals surface area (Å²) in [6.07, 6.45) is 1.52. The van der Waals surface area contributed by atoms with Crippen molar-refractivity contribution in [2.45, 2.75) is 71.1 Å². The summed E-state index contributed by atoms with van der Waals surface area (Å²) in [6.45, 7) is 15.9. The Morgan fingerprint density at radius 3 is 2.09 bits per heavy atom. The van der Waals surface area contributed by atoms with Crippen LogP contribution in [0.4, 0.5) is 0 Å². The highest BCUT2D eigenvalue weighted by atomic mass is 32.2. The van der Waals surface area contributed by atoms with Crippen molar-refractivity contribution >= 4 is 10.1 Å². The molecule has 0 aliphatic carbocycles. The molecule has 0 aliphatic heterocycles. The largest absolute Gasteiger partial charge is 0.507 e. The van der Waals surface area contributed by atoms with Crippen molar-refractivity contribution in [2.75, 3.05) is 6.61 Å². The molecule has 0 spiro atoms. The van der Waals surface area contributed by atoms with Crippen LogP contribution >= 0.6 is 0 Å². The van der Waals surface area contributed by atoms with Gasteiger partial charge in [-0.2, -0.15) is 8.42 Å². The summed E-state index contributed by atoms with van der Waals surface area (Å²) in [7, 11) is -3.84. The summed E-state index contributed by atoms with van der Waals surface area (Å²) in [5.41, 5.74) is 3.85. The smallest absolute Gasteiger partial charge is 0.296 e. The predicted octanol–water partition coefficient (Wildman–Crippen LogP) is 6.34. The second-order valence-electron chi connectivity index (χ2n) is 10.3. The van der Waals surface area contributed by atoms with Gasteiger partial charge < -0.3 is 9.52 Å². The minimum atomic E-state index is -3.84. The van der Waals surface area contributed by atoms with Crippen molar-refractivity contribution in [3.8, 4) is 28.5 Å². The molecule has 0 aliphatic rings. The number of nitrogens with zero attached hydrogens (tertiary/aromatic N) is 1. The van der Waals surface area contributed by atoms with Gasteiger partial charge in [0.25, 0.3) is 10.1 Å². The SMILES string of the molecule is CCOS(=O)(=O)c1ccc(C)c(-c2coc(-c3cc(C(C)(C)C)c(O)c(C(C)(C)C)c3)n2)c1. The zero-order valence-electron chi connectivity index (χ0n) is 20.6. The predicted molar refractivity (Wildman–Crippen MR) is 130 cm³/mol. The first-order valence-electron chi connectivity index (χ1n) is 11.0. The molecule has 1 N–H and O–H groups in total. The highest BCUT2D eigenvalue weighted by molar-refractivity contribution is 7.86. The van der Waals surface area contributed by atoms with Crippen LogP contribution in [0.5, 0.6) is 5.75 Å². The minimum Gasteiger partial charge on any atom is -0.507 e. The third-order valence-electron chi connectivity index (χ3n) is 5.52. The fourth-order valence-corrected chi connectivity index (χ4v) is 4.63. The monoisotopic (exact) mass is 471 g/mol. The van der Waals surface area contributed by atoms with Crippen LogP contribution in [-0.2, 0) is 25.1 Å². The Bertz CT molecular complexity index is 1240. The fourth-order valence-electron chi connectivity index (χ4n) is 3.69. The zero-order valence-corrected chi connectivity index (χ0v) is 21.4. The fraction of sp³-hybridized carbons (Fsp3) is 0.423. The van der Waals surface area contributed by atoms with Crippen LogP contribution in [0.1, 0.15) is 65.2 Å². The first-order valence-corrected chi connectivity index (χ1v) is 12.4. The van der Waals surface area contributed by atoms with Crippen molar-refractivity contribution in [1.29, 1.82) is 0 Å². The summed E-state index contributed by atoms with van der Waals surface area (Å²) >= 11 is 0. The van der Waals surface area contributed by atoms with Gasteiger partial charge in [-0.3, -0.25) is 4.18 Å². The maximum Gasteiger partial charge on any atom is 0.296 e. The zero-order chi connectivity index (χ0) is 24.8. The third-order valence-corrected chi connectivity index (χ3v) is 6.90. The molecule has 3 rings (SSSR count). The van der Waals surface area contributed by atoms with Gasteiger partial charge in [0.15, 0.2) is 0 Å². The van der Waals surface area contributed by atoms with Crippen molar-refractivity contribution in [3.05, 3.63) is 53.3 Å². The Kier molecular flexibility index (Phi) is 6.52. The molecule has 0 amide bonds. The standard InChI is InChI=1S/C26H33NO5S/c1-9-32-33(29,30)18-11-10-16(2)19(14-18)22-15-31-24(27-22)17-12-20(25(3,4)5)23(28)21(13-17)26(6,7)8/h10-15,28H,9H2,1-8H3. The van der Waals surface area contributed by atoms with Gasteiger partial charge in [-0.15, -0.1) is 0 Å². The molecule has 3 aromatic rings. The number of hydrogen-bond acceptors (Lipinski definition) is 6. The van der Waals surface area contributed by atoms with Crippen LogP contribution in [0.15, 0.2) is 45.9 Å². The topological polar surface area (TPSA) is 89.6 Å². The van der Waals surface area contributed by atoms with Crippen molar-refractivity contribution in [2.24, 2.45) is 0 Å². The second-order valence-corrected chi connectivity index (χ2v) is 11.9. The van der Waals surface area contributed by atoms with Gasteiger partial charge in [-0.25, -0.2) is 4.98 Å². The van der Waals surface area contributed by atoms with Gasteiger partial charge in [0.1, 0.15) is 17.7 Å². The molecule has 0 unspecified atom stereocenters. The molecule has 0 saturated carbocycles. The quantitative estimate of drug-likeness (QED) is 0.437. The lowest BCUT2D eigenvalue weighted by molar-refractivity contribution is 0.338. The summed E-state index contributed by atoms with van der Waals surface area (Å²) in [5, 5.41) is 11.0. The Hall–Kier alpha value is -2.64. The molecule has 0 saturated heterocycles. The van der Waals surface area contributed by atoms with E-state index in [0.29, 0.717) is 17.1 Å². The molecule has 6 nitrogen and oxygen atoms in total. The number of benzene rings is 2. The number of oxazole rings is 1. The van der Waals surface area contributed by atoms with E-state index in [1.165, 1.54) is 12.3 Å². The molecule has 0 fully saturated rings. The van der Waals surface area contributed by atoms with Crippen molar-refractivity contribution in [1.82, 2.24) is 4.98 Å². The van der Waals surface area contributed by atoms with Gasteiger partial charge in [-0.05, 0) is 54.5 Å². The van der Waals surface area contributed by atoms with Crippen LogP contribution in [0, 0.1) is 6.92 Å². The first-order chi connectivity index (χ1) is 15.1. The van der Waals surface area contributed by atoms with E-state index in [9.17, 15) is 13.5 Å². The molecule has 33 heavy (non-hydrogen) atoms. The Balaban J connectivity index is 2.14. The molecule has 1 aromatic heterocycles. The highest BCUT2D eigenvalue weighted by Gasteiger charge is 2.28. The van der Waals surface area contributed by atoms with Gasteiger partial charge in [0, 0.05) is 22.3 Å². The number of hydrogen-bond donors (Lipinski definition) is 1. The van der Waals surface area contributed by atoms with E-state index in [1.807, 2.05) is 60.6 Å². The molecule has 0 radical (unpaired) electrons. The number of phenols is 1. The normalized spacial score (nSPS) is 12.8. The van der Waals surface area contributed by atoms with Crippen molar-refractivity contribution in [3.63, 3.8) is 0 Å². The number of phenolic OH excluding ortho intramolecular Hbond substituents is 1. The second kappa shape index (κ2) is 8.61. The maximum atomic E-state index is 12.4. The van der Waals surface area contributed by atoms with Crippen LogP contribution in [-0.4, -0.2) is 25.1 Å². The molecule has 178 valence electrons. The van der Waals surface area contributed by atoms with Crippen LogP contribution in [0.2, 0.25) is 0 Å². The lowest BCUT2D eigenvalue weighted by Gasteiger charge is -2.27. The van der Waals surface area contributed by atoms with Crippen molar-refractivity contribution < 1.29 is 22.1 Å². The van der Waals surface area contributed by atoms with E-state index >= 15 is 0 Å². The number of aryl methyl sites for hydroxylation is 1. The third kappa shape index (κ3) is 5.14. The molecule has 7 heteroatoms. The van der Waals surface area contributed by atoms with Gasteiger partial charge in [0.2, 0.25) is 5.89 Å². The van der Waals surface area contributed by atoms with Crippen LogP contribution in [0.25, 0.3) is 22.7 Å². The Labute approximate surface area is 196 Å².